The highest BCUT2D eigenvalue weighted by Gasteiger charge is 2.32. The fraction of sp³-hybridized carbons (Fsp3) is 0.500. The number of carbonyl (C=O) groups is 2. The van der Waals surface area contributed by atoms with Gasteiger partial charge < -0.3 is 20.1 Å². The number of benzene rings is 1. The molecule has 0 spiro atoms. The maximum Gasteiger partial charge on any atom is 0.414 e. The Labute approximate surface area is 215 Å². The number of hydrogen-bond donors (Lipinski definition) is 3. The van der Waals surface area contributed by atoms with Gasteiger partial charge in [-0.05, 0) is 61.4 Å². The van der Waals surface area contributed by atoms with Gasteiger partial charge >= 0.3 is 11.9 Å². The molecule has 12 heteroatoms. The highest BCUT2D eigenvalue weighted by atomic mass is 32.2. The van der Waals surface area contributed by atoms with Crippen LogP contribution in [0.4, 0.5) is 0 Å². The van der Waals surface area contributed by atoms with E-state index in [1.165, 1.54) is 0 Å². The number of ether oxygens (including phenoxy) is 1. The van der Waals surface area contributed by atoms with Gasteiger partial charge in [0.05, 0.1) is 24.2 Å². The quantitative estimate of drug-likeness (QED) is 0.427. The fourth-order valence-corrected chi connectivity index (χ4v) is 6.53. The van der Waals surface area contributed by atoms with Crippen LogP contribution < -0.4 is 0 Å². The van der Waals surface area contributed by atoms with Crippen LogP contribution in [0, 0.1) is 27.7 Å². The van der Waals surface area contributed by atoms with Crippen LogP contribution in [0.15, 0.2) is 28.5 Å². The van der Waals surface area contributed by atoms with E-state index in [1.807, 2.05) is 51.3 Å². The Hall–Kier alpha value is -2.35. The lowest BCUT2D eigenvalue weighted by Crippen LogP contribution is -2.50. The lowest BCUT2D eigenvalue weighted by Gasteiger charge is -2.35. The number of nitrogens with zero attached hydrogens (tertiary/aromatic N) is 2. The molecule has 1 atom stereocenters. The average molecular weight is 543 g/mol. The van der Waals surface area contributed by atoms with Crippen molar-refractivity contribution >= 4 is 33.3 Å². The number of hydrogen-bond acceptors (Lipinski definition) is 8. The van der Waals surface area contributed by atoms with E-state index in [4.69, 9.17) is 24.5 Å². The zero-order valence-corrected chi connectivity index (χ0v) is 22.6. The summed E-state index contributed by atoms with van der Waals surface area (Å²) in [5.41, 5.74) is 3.67. The van der Waals surface area contributed by atoms with E-state index in [0.717, 1.165) is 27.1 Å². The number of carboxylic acid groups (broad SMARTS) is 2. The standard InChI is InChI=1S/C22H32N2O4S2.C2H2O4/c1-16-12-17(2)19(4)22(18(16)3)30(26,27)24-9-7-23(8-10-24)13-20(25)14-28-15-21-6-5-11-29-21;3-1(4)2(5)6/h5-6,11-12,20,25H,7-10,13-15H2,1-4H3;(H,3,4)(H,5,6). The Kier molecular flexibility index (Phi) is 11.0. The molecule has 200 valence electrons. The normalized spacial score (nSPS) is 15.7. The number of carboxylic acids is 2. The highest BCUT2D eigenvalue weighted by molar-refractivity contribution is 7.89. The van der Waals surface area contributed by atoms with E-state index >= 15 is 0 Å². The first-order chi connectivity index (χ1) is 16.8. The molecule has 1 unspecified atom stereocenters. The second-order valence-corrected chi connectivity index (χ2v) is 11.6. The summed E-state index contributed by atoms with van der Waals surface area (Å²) in [5.74, 6) is -3.65. The summed E-state index contributed by atoms with van der Waals surface area (Å²) in [5, 5.41) is 27.1. The topological polar surface area (TPSA) is 145 Å². The third kappa shape index (κ3) is 8.08. The second-order valence-electron chi connectivity index (χ2n) is 8.65. The Bertz CT molecular complexity index is 1100. The highest BCUT2D eigenvalue weighted by Crippen LogP contribution is 2.29. The van der Waals surface area contributed by atoms with E-state index in [2.05, 4.69) is 4.90 Å². The summed E-state index contributed by atoms with van der Waals surface area (Å²) in [6, 6.07) is 6.04. The summed E-state index contributed by atoms with van der Waals surface area (Å²) >= 11 is 1.64. The summed E-state index contributed by atoms with van der Waals surface area (Å²) < 4.78 is 33.9. The molecule has 0 bridgehead atoms. The Balaban J connectivity index is 0.000000678. The first-order valence-electron chi connectivity index (χ1n) is 11.4. The maximum absolute atomic E-state index is 13.4. The van der Waals surface area contributed by atoms with Crippen molar-refractivity contribution in [3.8, 4) is 0 Å². The summed E-state index contributed by atoms with van der Waals surface area (Å²) in [7, 11) is -3.54. The summed E-state index contributed by atoms with van der Waals surface area (Å²) in [6.45, 7) is 11.0. The first kappa shape index (κ1) is 29.9. The van der Waals surface area contributed by atoms with Crippen LogP contribution in [-0.4, -0.2) is 90.3 Å². The molecule has 10 nitrogen and oxygen atoms in total. The minimum absolute atomic E-state index is 0.275. The van der Waals surface area contributed by atoms with Crippen molar-refractivity contribution in [2.45, 2.75) is 45.3 Å². The van der Waals surface area contributed by atoms with E-state index in [1.54, 1.807) is 15.6 Å². The van der Waals surface area contributed by atoms with Crippen molar-refractivity contribution in [1.82, 2.24) is 9.21 Å². The molecule has 1 aromatic heterocycles. The minimum Gasteiger partial charge on any atom is -0.473 e. The van der Waals surface area contributed by atoms with Gasteiger partial charge in [-0.25, -0.2) is 18.0 Å². The number of β-amino-alcohol motifs (C(OH)–C–C–N with tert-alkyl or cyclic N) is 1. The average Bonchev–Trinajstić information content (AvgIpc) is 3.32. The van der Waals surface area contributed by atoms with Gasteiger partial charge in [-0.2, -0.15) is 4.31 Å². The lowest BCUT2D eigenvalue weighted by atomic mass is 10.0. The smallest absolute Gasteiger partial charge is 0.414 e. The van der Waals surface area contributed by atoms with Crippen LogP contribution >= 0.6 is 11.3 Å². The van der Waals surface area contributed by atoms with Crippen LogP contribution in [0.1, 0.15) is 27.1 Å². The molecule has 1 aliphatic rings. The van der Waals surface area contributed by atoms with Gasteiger partial charge in [-0.1, -0.05) is 12.1 Å². The Morgan fingerprint density at radius 2 is 1.58 bits per heavy atom. The van der Waals surface area contributed by atoms with Gasteiger partial charge in [0.2, 0.25) is 10.0 Å². The molecule has 2 aromatic rings. The largest absolute Gasteiger partial charge is 0.473 e. The van der Waals surface area contributed by atoms with Crippen LogP contribution in [0.3, 0.4) is 0 Å². The third-order valence-electron chi connectivity index (χ3n) is 6.01. The molecule has 0 saturated carbocycles. The first-order valence-corrected chi connectivity index (χ1v) is 13.7. The number of aliphatic carboxylic acids is 2. The molecule has 0 amide bonds. The van der Waals surface area contributed by atoms with Crippen molar-refractivity contribution in [2.24, 2.45) is 0 Å². The minimum atomic E-state index is -3.54. The number of aryl methyl sites for hydroxylation is 2. The van der Waals surface area contributed by atoms with Gasteiger partial charge in [0.1, 0.15) is 0 Å². The molecule has 1 saturated heterocycles. The molecule has 36 heavy (non-hydrogen) atoms. The molecule has 0 radical (unpaired) electrons. The van der Waals surface area contributed by atoms with E-state index < -0.39 is 28.1 Å². The monoisotopic (exact) mass is 542 g/mol. The molecule has 1 aliphatic heterocycles. The Morgan fingerprint density at radius 3 is 2.06 bits per heavy atom. The van der Waals surface area contributed by atoms with E-state index in [9.17, 15) is 13.5 Å². The molecular weight excluding hydrogens is 508 g/mol. The van der Waals surface area contributed by atoms with E-state index in [-0.39, 0.29) is 6.61 Å². The molecule has 3 N–H and O–H groups in total. The Morgan fingerprint density at radius 1 is 1.03 bits per heavy atom. The maximum atomic E-state index is 13.4. The predicted octanol–water partition coefficient (Wildman–Crippen LogP) is 2.02. The molecule has 2 heterocycles. The van der Waals surface area contributed by atoms with Crippen molar-refractivity contribution in [3.63, 3.8) is 0 Å². The zero-order chi connectivity index (χ0) is 27.0. The lowest BCUT2D eigenvalue weighted by molar-refractivity contribution is -0.159. The molecule has 3 rings (SSSR count). The number of thiophene rings is 1. The number of rotatable bonds is 8. The summed E-state index contributed by atoms with van der Waals surface area (Å²) in [4.78, 5) is 21.9. The van der Waals surface area contributed by atoms with Crippen molar-refractivity contribution in [1.29, 1.82) is 0 Å². The van der Waals surface area contributed by atoms with Gasteiger partial charge in [0.15, 0.2) is 0 Å². The zero-order valence-electron chi connectivity index (χ0n) is 20.9. The van der Waals surface area contributed by atoms with Gasteiger partial charge in [-0.3, -0.25) is 4.90 Å². The number of sulfonamides is 1. The predicted molar refractivity (Wildman–Crippen MR) is 136 cm³/mol. The SMILES string of the molecule is Cc1cc(C)c(C)c(S(=O)(=O)N2CCN(CC(O)COCc3cccs3)CC2)c1C.O=C(O)C(=O)O. The number of piperazine rings is 1. The van der Waals surface area contributed by atoms with Crippen molar-refractivity contribution in [3.05, 3.63) is 50.7 Å². The third-order valence-corrected chi connectivity index (χ3v) is 9.04. The molecule has 0 aliphatic carbocycles. The second kappa shape index (κ2) is 13.3. The summed E-state index contributed by atoms with van der Waals surface area (Å²) in [6.07, 6.45) is -0.586. The van der Waals surface area contributed by atoms with Gasteiger partial charge in [0, 0.05) is 37.6 Å². The van der Waals surface area contributed by atoms with Crippen LogP contribution in [0.2, 0.25) is 0 Å². The van der Waals surface area contributed by atoms with Gasteiger partial charge in [0.25, 0.3) is 0 Å². The van der Waals surface area contributed by atoms with Crippen LogP contribution in [0.25, 0.3) is 0 Å². The van der Waals surface area contributed by atoms with Gasteiger partial charge in [-0.15, -0.1) is 11.3 Å². The number of aliphatic hydroxyl groups is 1. The number of aliphatic hydroxyl groups excluding tert-OH is 1. The van der Waals surface area contributed by atoms with Crippen molar-refractivity contribution < 1.29 is 38.1 Å². The van der Waals surface area contributed by atoms with Crippen LogP contribution in [0.5, 0.6) is 0 Å². The van der Waals surface area contributed by atoms with Crippen LogP contribution in [-0.2, 0) is 31.0 Å². The molecule has 1 fully saturated rings. The molecule has 1 aromatic carbocycles. The fourth-order valence-electron chi connectivity index (χ4n) is 3.89. The van der Waals surface area contributed by atoms with E-state index in [0.29, 0.717) is 44.2 Å². The van der Waals surface area contributed by atoms with Crippen molar-refractivity contribution in [2.75, 3.05) is 39.3 Å². The molecular formula is C24H34N2O8S2.